The molecule has 0 saturated heterocycles. The molecule has 0 unspecified atom stereocenters. The largest absolute Gasteiger partial charge is 0.350 e. The van der Waals surface area contributed by atoms with Crippen molar-refractivity contribution in [3.63, 3.8) is 0 Å². The van der Waals surface area contributed by atoms with Gasteiger partial charge in [0.25, 0.3) is 0 Å². The highest BCUT2D eigenvalue weighted by Gasteiger charge is 1.97. The number of aryl methyl sites for hydroxylation is 2. The minimum Gasteiger partial charge on any atom is -0.350 e. The van der Waals surface area contributed by atoms with E-state index in [0.717, 1.165) is 6.54 Å². The molecule has 2 heteroatoms. The predicted octanol–water partition coefficient (Wildman–Crippen LogP) is 2.51. The molecule has 1 aromatic heterocycles. The number of hydrogen-bond donors (Lipinski definition) is 0. The predicted molar refractivity (Wildman–Crippen MR) is 65.7 cm³/mol. The van der Waals surface area contributed by atoms with Crippen LogP contribution in [0.3, 0.4) is 0 Å². The maximum absolute atomic E-state index is 11.0. The van der Waals surface area contributed by atoms with Crippen molar-refractivity contribution in [3.05, 3.63) is 69.6 Å². The fraction of sp³-hybridized carbons (Fsp3) is 0.214. The zero-order valence-electron chi connectivity index (χ0n) is 9.60. The lowest BCUT2D eigenvalue weighted by Gasteiger charge is -2.08. The Labute approximate surface area is 95.2 Å². The van der Waals surface area contributed by atoms with E-state index in [0.29, 0.717) is 0 Å². The second kappa shape index (κ2) is 4.35. The van der Waals surface area contributed by atoms with Gasteiger partial charge < -0.3 is 4.57 Å². The standard InChI is InChI=1S/C14H15NO/c1-11-3-4-13(9-12(11)2)10-15-7-5-14(16)6-8-15/h3-9H,10H2,1-2H3. The summed E-state index contributed by atoms with van der Waals surface area (Å²) in [5, 5.41) is 0. The molecule has 0 aliphatic rings. The van der Waals surface area contributed by atoms with E-state index in [4.69, 9.17) is 0 Å². The normalized spacial score (nSPS) is 10.4. The zero-order chi connectivity index (χ0) is 11.5. The van der Waals surface area contributed by atoms with E-state index in [9.17, 15) is 4.79 Å². The average Bonchev–Trinajstić information content (AvgIpc) is 2.27. The molecule has 2 rings (SSSR count). The minimum atomic E-state index is 0.0522. The van der Waals surface area contributed by atoms with Gasteiger partial charge in [0.2, 0.25) is 0 Å². The Morgan fingerprint density at radius 1 is 1.00 bits per heavy atom. The third-order valence-corrected chi connectivity index (χ3v) is 2.80. The molecule has 0 atom stereocenters. The van der Waals surface area contributed by atoms with Crippen LogP contribution in [0.15, 0.2) is 47.5 Å². The second-order valence-corrected chi connectivity index (χ2v) is 4.12. The first-order valence-electron chi connectivity index (χ1n) is 5.37. The lowest BCUT2D eigenvalue weighted by molar-refractivity contribution is 0.787. The van der Waals surface area contributed by atoms with Gasteiger partial charge >= 0.3 is 0 Å². The molecule has 0 aliphatic carbocycles. The van der Waals surface area contributed by atoms with E-state index in [1.54, 1.807) is 12.1 Å². The van der Waals surface area contributed by atoms with Gasteiger partial charge in [0, 0.05) is 31.1 Å². The van der Waals surface area contributed by atoms with Crippen LogP contribution in [0, 0.1) is 13.8 Å². The number of benzene rings is 1. The molecule has 16 heavy (non-hydrogen) atoms. The molecule has 2 nitrogen and oxygen atoms in total. The number of aromatic nitrogens is 1. The van der Waals surface area contributed by atoms with Gasteiger partial charge in [0.05, 0.1) is 0 Å². The van der Waals surface area contributed by atoms with Crippen LogP contribution in [0.2, 0.25) is 0 Å². The SMILES string of the molecule is Cc1ccc(Cn2ccc(=O)cc2)cc1C. The van der Waals surface area contributed by atoms with E-state index < -0.39 is 0 Å². The van der Waals surface area contributed by atoms with Gasteiger partial charge in [0.15, 0.2) is 5.43 Å². The fourth-order valence-corrected chi connectivity index (χ4v) is 1.66. The molecule has 0 spiro atoms. The maximum atomic E-state index is 11.0. The van der Waals surface area contributed by atoms with Gasteiger partial charge in [-0.25, -0.2) is 0 Å². The lowest BCUT2D eigenvalue weighted by atomic mass is 10.1. The average molecular weight is 213 g/mol. The molecule has 0 N–H and O–H groups in total. The van der Waals surface area contributed by atoms with Crippen molar-refractivity contribution in [1.29, 1.82) is 0 Å². The highest BCUT2D eigenvalue weighted by atomic mass is 16.1. The Bertz CT molecular complexity index is 534. The molecule has 0 amide bonds. The second-order valence-electron chi connectivity index (χ2n) is 4.12. The molecule has 0 radical (unpaired) electrons. The summed E-state index contributed by atoms with van der Waals surface area (Å²) in [6.07, 6.45) is 3.63. The summed E-state index contributed by atoms with van der Waals surface area (Å²) in [5.41, 5.74) is 3.92. The van der Waals surface area contributed by atoms with Crippen molar-refractivity contribution in [3.8, 4) is 0 Å². The summed E-state index contributed by atoms with van der Waals surface area (Å²) in [7, 11) is 0. The highest BCUT2D eigenvalue weighted by Crippen LogP contribution is 2.10. The van der Waals surface area contributed by atoms with Crippen LogP contribution in [0.4, 0.5) is 0 Å². The molecule has 82 valence electrons. The van der Waals surface area contributed by atoms with E-state index >= 15 is 0 Å². The summed E-state index contributed by atoms with van der Waals surface area (Å²) in [6, 6.07) is 9.61. The van der Waals surface area contributed by atoms with E-state index in [2.05, 4.69) is 32.0 Å². The highest BCUT2D eigenvalue weighted by molar-refractivity contribution is 5.30. The monoisotopic (exact) mass is 213 g/mol. The molecular weight excluding hydrogens is 198 g/mol. The van der Waals surface area contributed by atoms with Crippen LogP contribution in [-0.4, -0.2) is 4.57 Å². The summed E-state index contributed by atoms with van der Waals surface area (Å²) in [5.74, 6) is 0. The minimum absolute atomic E-state index is 0.0522. The van der Waals surface area contributed by atoms with Gasteiger partial charge in [-0.15, -0.1) is 0 Å². The third kappa shape index (κ3) is 2.40. The lowest BCUT2D eigenvalue weighted by Crippen LogP contribution is -2.04. The van der Waals surface area contributed by atoms with E-state index in [-0.39, 0.29) is 5.43 Å². The quantitative estimate of drug-likeness (QED) is 0.751. The summed E-state index contributed by atoms with van der Waals surface area (Å²) < 4.78 is 2.01. The van der Waals surface area contributed by atoms with Crippen molar-refractivity contribution in [1.82, 2.24) is 4.57 Å². The van der Waals surface area contributed by atoms with Crippen LogP contribution in [0.5, 0.6) is 0 Å². The Morgan fingerprint density at radius 2 is 1.69 bits per heavy atom. The molecule has 1 aromatic carbocycles. The Morgan fingerprint density at radius 3 is 2.31 bits per heavy atom. The number of nitrogens with zero attached hydrogens (tertiary/aromatic N) is 1. The Kier molecular flexibility index (Phi) is 2.91. The van der Waals surface area contributed by atoms with Gasteiger partial charge in [-0.2, -0.15) is 0 Å². The van der Waals surface area contributed by atoms with Gasteiger partial charge in [-0.1, -0.05) is 18.2 Å². The summed E-state index contributed by atoms with van der Waals surface area (Å²) >= 11 is 0. The zero-order valence-corrected chi connectivity index (χ0v) is 9.60. The smallest absolute Gasteiger partial charge is 0.181 e. The van der Waals surface area contributed by atoms with Gasteiger partial charge in [-0.05, 0) is 30.5 Å². The maximum Gasteiger partial charge on any atom is 0.181 e. The summed E-state index contributed by atoms with van der Waals surface area (Å²) in [6.45, 7) is 5.03. The third-order valence-electron chi connectivity index (χ3n) is 2.80. The van der Waals surface area contributed by atoms with Crippen molar-refractivity contribution >= 4 is 0 Å². The van der Waals surface area contributed by atoms with Crippen LogP contribution in [0.25, 0.3) is 0 Å². The van der Waals surface area contributed by atoms with Crippen LogP contribution in [-0.2, 0) is 6.54 Å². The first-order valence-corrected chi connectivity index (χ1v) is 5.37. The molecule has 1 heterocycles. The van der Waals surface area contributed by atoms with Crippen molar-refractivity contribution in [2.75, 3.05) is 0 Å². The molecule has 0 fully saturated rings. The first kappa shape index (κ1) is 10.7. The molecule has 0 saturated carbocycles. The van der Waals surface area contributed by atoms with Crippen LogP contribution >= 0.6 is 0 Å². The Hall–Kier alpha value is -1.83. The van der Waals surface area contributed by atoms with Gasteiger partial charge in [0.1, 0.15) is 0 Å². The number of hydrogen-bond acceptors (Lipinski definition) is 1. The Balaban J connectivity index is 2.23. The fourth-order valence-electron chi connectivity index (χ4n) is 1.66. The molecule has 2 aromatic rings. The number of rotatable bonds is 2. The van der Waals surface area contributed by atoms with E-state index in [1.165, 1.54) is 16.7 Å². The summed E-state index contributed by atoms with van der Waals surface area (Å²) in [4.78, 5) is 11.0. The topological polar surface area (TPSA) is 22.0 Å². The molecular formula is C14H15NO. The van der Waals surface area contributed by atoms with Crippen LogP contribution in [0.1, 0.15) is 16.7 Å². The van der Waals surface area contributed by atoms with Crippen molar-refractivity contribution < 1.29 is 0 Å². The van der Waals surface area contributed by atoms with E-state index in [1.807, 2.05) is 17.0 Å². The number of pyridine rings is 1. The van der Waals surface area contributed by atoms with Crippen molar-refractivity contribution in [2.45, 2.75) is 20.4 Å². The van der Waals surface area contributed by atoms with Gasteiger partial charge in [-0.3, -0.25) is 4.79 Å². The van der Waals surface area contributed by atoms with Crippen LogP contribution < -0.4 is 5.43 Å². The first-order chi connectivity index (χ1) is 7.65. The van der Waals surface area contributed by atoms with Crippen molar-refractivity contribution in [2.24, 2.45) is 0 Å². The molecule has 0 bridgehead atoms. The molecule has 0 aliphatic heterocycles.